The molecule has 1 aliphatic heterocycles. The lowest BCUT2D eigenvalue weighted by Crippen LogP contribution is -2.53. The Bertz CT molecular complexity index is 271. The minimum atomic E-state index is -0.280. The van der Waals surface area contributed by atoms with E-state index in [9.17, 15) is 9.59 Å². The SMILES string of the molecule is CCC(Br)C(=O)N1CCCCC1C(=O)NC. The van der Waals surface area contributed by atoms with Crippen LogP contribution in [-0.4, -0.2) is 41.2 Å². The van der Waals surface area contributed by atoms with Gasteiger partial charge in [-0.05, 0) is 25.7 Å². The van der Waals surface area contributed by atoms with E-state index >= 15 is 0 Å². The molecule has 1 heterocycles. The Morgan fingerprint density at radius 3 is 2.75 bits per heavy atom. The maximum Gasteiger partial charge on any atom is 0.242 e. The van der Waals surface area contributed by atoms with Crippen molar-refractivity contribution in [2.24, 2.45) is 0 Å². The van der Waals surface area contributed by atoms with Crippen molar-refractivity contribution >= 4 is 27.7 Å². The molecule has 16 heavy (non-hydrogen) atoms. The summed E-state index contributed by atoms with van der Waals surface area (Å²) in [6.07, 6.45) is 3.52. The molecule has 1 fully saturated rings. The molecule has 0 spiro atoms. The van der Waals surface area contributed by atoms with Crippen LogP contribution >= 0.6 is 15.9 Å². The molecule has 1 N–H and O–H groups in total. The normalized spacial score (nSPS) is 22.7. The molecule has 0 aliphatic carbocycles. The first kappa shape index (κ1) is 13.5. The van der Waals surface area contributed by atoms with E-state index in [4.69, 9.17) is 0 Å². The molecular weight excluding hydrogens is 272 g/mol. The molecule has 0 radical (unpaired) electrons. The predicted octanol–water partition coefficient (Wildman–Crippen LogP) is 1.29. The van der Waals surface area contributed by atoms with E-state index in [1.807, 2.05) is 6.92 Å². The molecule has 2 atom stereocenters. The van der Waals surface area contributed by atoms with Gasteiger partial charge in [0.05, 0.1) is 4.83 Å². The number of halogens is 1. The van der Waals surface area contributed by atoms with Gasteiger partial charge in [0, 0.05) is 13.6 Å². The van der Waals surface area contributed by atoms with Gasteiger partial charge in [-0.2, -0.15) is 0 Å². The quantitative estimate of drug-likeness (QED) is 0.797. The molecule has 92 valence electrons. The molecule has 5 heteroatoms. The highest BCUT2D eigenvalue weighted by Gasteiger charge is 2.33. The van der Waals surface area contributed by atoms with Crippen LogP contribution in [0, 0.1) is 0 Å². The fourth-order valence-electron chi connectivity index (χ4n) is 1.99. The maximum absolute atomic E-state index is 12.1. The lowest BCUT2D eigenvalue weighted by atomic mass is 10.0. The van der Waals surface area contributed by atoms with Crippen molar-refractivity contribution in [3.05, 3.63) is 0 Å². The first-order valence-electron chi connectivity index (χ1n) is 5.78. The number of rotatable bonds is 3. The predicted molar refractivity (Wildman–Crippen MR) is 66.4 cm³/mol. The third-order valence-corrected chi connectivity index (χ3v) is 4.00. The number of nitrogens with one attached hydrogen (secondary N) is 1. The number of carbonyl (C=O) groups is 2. The van der Waals surface area contributed by atoms with Crippen LogP contribution in [0.5, 0.6) is 0 Å². The average Bonchev–Trinajstić information content (AvgIpc) is 2.35. The second-order valence-electron chi connectivity index (χ2n) is 4.03. The number of carbonyl (C=O) groups excluding carboxylic acids is 2. The highest BCUT2D eigenvalue weighted by molar-refractivity contribution is 9.10. The molecule has 1 rings (SSSR count). The first-order chi connectivity index (χ1) is 7.61. The molecule has 2 amide bonds. The highest BCUT2D eigenvalue weighted by atomic mass is 79.9. The Labute approximate surface area is 105 Å². The van der Waals surface area contributed by atoms with E-state index in [2.05, 4.69) is 21.2 Å². The van der Waals surface area contributed by atoms with Gasteiger partial charge in [0.25, 0.3) is 0 Å². The van der Waals surface area contributed by atoms with Crippen LogP contribution in [0.2, 0.25) is 0 Å². The van der Waals surface area contributed by atoms with Crippen molar-refractivity contribution in [2.75, 3.05) is 13.6 Å². The zero-order valence-corrected chi connectivity index (χ0v) is 11.4. The number of nitrogens with zero attached hydrogens (tertiary/aromatic N) is 1. The molecule has 2 unspecified atom stereocenters. The molecule has 1 aliphatic rings. The van der Waals surface area contributed by atoms with Gasteiger partial charge in [0.1, 0.15) is 6.04 Å². The average molecular weight is 291 g/mol. The fourth-order valence-corrected chi connectivity index (χ4v) is 2.25. The molecule has 0 aromatic heterocycles. The van der Waals surface area contributed by atoms with E-state index in [-0.39, 0.29) is 22.7 Å². The van der Waals surface area contributed by atoms with Crippen LogP contribution < -0.4 is 5.32 Å². The third kappa shape index (κ3) is 2.97. The lowest BCUT2D eigenvalue weighted by Gasteiger charge is -2.35. The summed E-state index contributed by atoms with van der Waals surface area (Å²) in [5.74, 6) is -0.0142. The summed E-state index contributed by atoms with van der Waals surface area (Å²) >= 11 is 3.35. The van der Waals surface area contributed by atoms with Crippen molar-refractivity contribution in [3.63, 3.8) is 0 Å². The number of likely N-dealkylation sites (tertiary alicyclic amines) is 1. The Balaban J connectivity index is 2.73. The Hall–Kier alpha value is -0.580. The summed E-state index contributed by atoms with van der Waals surface area (Å²) in [4.78, 5) is 25.3. The van der Waals surface area contributed by atoms with Crippen molar-refractivity contribution in [1.82, 2.24) is 10.2 Å². The maximum atomic E-state index is 12.1. The standard InChI is InChI=1S/C11H19BrN2O2/c1-3-8(12)11(16)14-7-5-4-6-9(14)10(15)13-2/h8-9H,3-7H2,1-2H3,(H,13,15). The third-order valence-electron chi connectivity index (χ3n) is 2.96. The molecule has 0 bridgehead atoms. The van der Waals surface area contributed by atoms with Crippen molar-refractivity contribution in [2.45, 2.75) is 43.5 Å². The van der Waals surface area contributed by atoms with Crippen LogP contribution in [-0.2, 0) is 9.59 Å². The molecule has 0 aromatic rings. The van der Waals surface area contributed by atoms with E-state index in [0.717, 1.165) is 25.7 Å². The summed E-state index contributed by atoms with van der Waals surface area (Å²) in [6.45, 7) is 2.65. The zero-order valence-electron chi connectivity index (χ0n) is 9.83. The van der Waals surface area contributed by atoms with Crippen molar-refractivity contribution in [1.29, 1.82) is 0 Å². The van der Waals surface area contributed by atoms with Crippen LogP contribution in [0.1, 0.15) is 32.6 Å². The molecule has 0 saturated carbocycles. The van der Waals surface area contributed by atoms with E-state index < -0.39 is 0 Å². The van der Waals surface area contributed by atoms with Gasteiger partial charge in [-0.3, -0.25) is 9.59 Å². The van der Waals surface area contributed by atoms with Crippen LogP contribution in [0.15, 0.2) is 0 Å². The minimum absolute atomic E-state index is 0.0378. The van der Waals surface area contributed by atoms with Crippen molar-refractivity contribution in [3.8, 4) is 0 Å². The van der Waals surface area contributed by atoms with E-state index in [0.29, 0.717) is 6.54 Å². The molecule has 4 nitrogen and oxygen atoms in total. The number of alkyl halides is 1. The largest absolute Gasteiger partial charge is 0.357 e. The summed E-state index contributed by atoms with van der Waals surface area (Å²) in [5, 5.41) is 2.63. The van der Waals surface area contributed by atoms with Crippen molar-refractivity contribution < 1.29 is 9.59 Å². The Morgan fingerprint density at radius 2 is 2.19 bits per heavy atom. The monoisotopic (exact) mass is 290 g/mol. The number of piperidine rings is 1. The Kier molecular flexibility index (Phi) is 5.25. The van der Waals surface area contributed by atoms with Gasteiger partial charge < -0.3 is 10.2 Å². The Morgan fingerprint density at radius 1 is 1.50 bits per heavy atom. The first-order valence-corrected chi connectivity index (χ1v) is 6.69. The van der Waals surface area contributed by atoms with Crippen LogP contribution in [0.3, 0.4) is 0 Å². The lowest BCUT2D eigenvalue weighted by molar-refractivity contribution is -0.141. The minimum Gasteiger partial charge on any atom is -0.357 e. The summed E-state index contributed by atoms with van der Waals surface area (Å²) < 4.78 is 0. The number of hydrogen-bond donors (Lipinski definition) is 1. The number of hydrogen-bond acceptors (Lipinski definition) is 2. The number of likely N-dealkylation sites (N-methyl/N-ethyl adjacent to an activating group) is 1. The fraction of sp³-hybridized carbons (Fsp3) is 0.818. The van der Waals surface area contributed by atoms with E-state index in [1.54, 1.807) is 11.9 Å². The van der Waals surface area contributed by atoms with Gasteiger partial charge >= 0.3 is 0 Å². The summed E-state index contributed by atoms with van der Waals surface area (Å²) in [7, 11) is 1.62. The van der Waals surface area contributed by atoms with Gasteiger partial charge in [-0.15, -0.1) is 0 Å². The molecule has 1 saturated heterocycles. The van der Waals surface area contributed by atoms with Gasteiger partial charge in [-0.25, -0.2) is 0 Å². The van der Waals surface area contributed by atoms with Gasteiger partial charge in [0.2, 0.25) is 11.8 Å². The van der Waals surface area contributed by atoms with Gasteiger partial charge in [0.15, 0.2) is 0 Å². The van der Waals surface area contributed by atoms with Gasteiger partial charge in [-0.1, -0.05) is 22.9 Å². The number of amides is 2. The molecule has 0 aromatic carbocycles. The van der Waals surface area contributed by atoms with Crippen LogP contribution in [0.4, 0.5) is 0 Å². The second kappa shape index (κ2) is 6.23. The second-order valence-corrected chi connectivity index (χ2v) is 5.14. The molecular formula is C11H19BrN2O2. The van der Waals surface area contributed by atoms with E-state index in [1.165, 1.54) is 0 Å². The summed E-state index contributed by atoms with van der Waals surface area (Å²) in [6, 6.07) is -0.280. The zero-order chi connectivity index (χ0) is 12.1. The topological polar surface area (TPSA) is 49.4 Å². The van der Waals surface area contributed by atoms with Crippen LogP contribution in [0.25, 0.3) is 0 Å². The summed E-state index contributed by atoms with van der Waals surface area (Å²) in [5.41, 5.74) is 0. The smallest absolute Gasteiger partial charge is 0.242 e. The highest BCUT2D eigenvalue weighted by Crippen LogP contribution is 2.20.